The van der Waals surface area contributed by atoms with E-state index >= 15 is 0 Å². The van der Waals surface area contributed by atoms with E-state index in [9.17, 15) is 22.8 Å². The van der Waals surface area contributed by atoms with Crippen LogP contribution in [0.4, 0.5) is 35.2 Å². The van der Waals surface area contributed by atoms with Crippen molar-refractivity contribution >= 4 is 40.3 Å². The van der Waals surface area contributed by atoms with Crippen LogP contribution in [-0.4, -0.2) is 43.5 Å². The summed E-state index contributed by atoms with van der Waals surface area (Å²) < 4.78 is 42.0. The highest BCUT2D eigenvalue weighted by atomic mass is 19.4. The van der Waals surface area contributed by atoms with E-state index in [1.165, 1.54) is 12.7 Å². The largest absolute Gasteiger partial charge is 0.416 e. The standard InChI is InChI=1S/C24H24F3N9O2/c1-23(2,29)10-30-21(37)13-7-14(24(25,26)27)9-16(8-13)35-22(38)34-15-3-5-17(6-4-15)36-12-33-18-19(28)31-11-32-20(18)36/h3-9,11-12H,10,29H2,1-2H3,(H,30,37)(H2,28,31,32)(H2,34,35,38). The minimum absolute atomic E-state index is 0.0382. The molecular formula is C24H24F3N9O2. The highest BCUT2D eigenvalue weighted by Crippen LogP contribution is 2.32. The normalized spacial score (nSPS) is 11.8. The van der Waals surface area contributed by atoms with Gasteiger partial charge < -0.3 is 27.4 Å². The summed E-state index contributed by atoms with van der Waals surface area (Å²) in [6.45, 7) is 3.35. The highest BCUT2D eigenvalue weighted by Gasteiger charge is 2.32. The molecule has 2 aromatic heterocycles. The van der Waals surface area contributed by atoms with Gasteiger partial charge in [0.1, 0.15) is 12.7 Å². The number of rotatable bonds is 6. The van der Waals surface area contributed by atoms with Crippen LogP contribution in [-0.2, 0) is 6.18 Å². The number of benzene rings is 2. The van der Waals surface area contributed by atoms with E-state index in [1.807, 2.05) is 0 Å². The fourth-order valence-electron chi connectivity index (χ4n) is 3.45. The topological polar surface area (TPSA) is 166 Å². The number of alkyl halides is 3. The van der Waals surface area contributed by atoms with Crippen LogP contribution in [0.2, 0.25) is 0 Å². The Balaban J connectivity index is 1.49. The van der Waals surface area contributed by atoms with Gasteiger partial charge in [-0.25, -0.2) is 19.7 Å². The maximum Gasteiger partial charge on any atom is 0.416 e. The molecule has 14 heteroatoms. The molecule has 0 saturated heterocycles. The van der Waals surface area contributed by atoms with Gasteiger partial charge in [0.25, 0.3) is 5.91 Å². The predicted octanol–water partition coefficient (Wildman–Crippen LogP) is 3.53. The minimum atomic E-state index is -4.74. The Morgan fingerprint density at radius 1 is 0.974 bits per heavy atom. The molecule has 0 atom stereocenters. The van der Waals surface area contributed by atoms with Gasteiger partial charge in [-0.05, 0) is 56.3 Å². The van der Waals surface area contributed by atoms with Crippen LogP contribution < -0.4 is 27.4 Å². The number of nitrogens with two attached hydrogens (primary N) is 2. The van der Waals surface area contributed by atoms with Gasteiger partial charge in [0.2, 0.25) is 0 Å². The van der Waals surface area contributed by atoms with Gasteiger partial charge in [-0.1, -0.05) is 0 Å². The molecule has 0 aliphatic carbocycles. The summed E-state index contributed by atoms with van der Waals surface area (Å²) in [6.07, 6.45) is -1.89. The molecule has 0 saturated carbocycles. The zero-order valence-corrected chi connectivity index (χ0v) is 20.3. The first-order valence-electron chi connectivity index (χ1n) is 11.2. The molecule has 0 unspecified atom stereocenters. The number of aromatic nitrogens is 4. The van der Waals surface area contributed by atoms with Crippen molar-refractivity contribution in [2.24, 2.45) is 5.73 Å². The molecule has 2 heterocycles. The van der Waals surface area contributed by atoms with Crippen molar-refractivity contribution in [1.29, 1.82) is 0 Å². The van der Waals surface area contributed by atoms with Crippen LogP contribution in [0.5, 0.6) is 0 Å². The molecule has 4 aromatic rings. The van der Waals surface area contributed by atoms with Crippen LogP contribution >= 0.6 is 0 Å². The number of carbonyl (C=O) groups is 2. The summed E-state index contributed by atoms with van der Waals surface area (Å²) in [5, 5.41) is 7.37. The van der Waals surface area contributed by atoms with E-state index in [0.717, 1.165) is 12.1 Å². The SMILES string of the molecule is CC(C)(N)CNC(=O)c1cc(NC(=O)Nc2ccc(-n3cnc4c(N)ncnc43)cc2)cc(C(F)(F)F)c1. The number of carbonyl (C=O) groups excluding carboxylic acids is 2. The quantitative estimate of drug-likeness (QED) is 0.256. The summed E-state index contributed by atoms with van der Waals surface area (Å²) in [5.74, 6) is -0.519. The van der Waals surface area contributed by atoms with Crippen molar-refractivity contribution in [2.75, 3.05) is 22.9 Å². The summed E-state index contributed by atoms with van der Waals surface area (Å²) in [5.41, 5.74) is 11.3. The van der Waals surface area contributed by atoms with Gasteiger partial charge in [0, 0.05) is 34.7 Å². The lowest BCUT2D eigenvalue weighted by atomic mass is 10.1. The maximum atomic E-state index is 13.4. The fraction of sp³-hybridized carbons (Fsp3) is 0.208. The smallest absolute Gasteiger partial charge is 0.382 e. The first-order chi connectivity index (χ1) is 17.8. The molecule has 198 valence electrons. The summed E-state index contributed by atoms with van der Waals surface area (Å²) in [6, 6.07) is 8.33. The first kappa shape index (κ1) is 26.3. The van der Waals surface area contributed by atoms with E-state index in [2.05, 4.69) is 30.9 Å². The van der Waals surface area contributed by atoms with Crippen LogP contribution in [0, 0.1) is 0 Å². The van der Waals surface area contributed by atoms with E-state index in [4.69, 9.17) is 11.5 Å². The molecule has 0 aliphatic rings. The molecule has 0 aliphatic heterocycles. The van der Waals surface area contributed by atoms with Crippen molar-refractivity contribution < 1.29 is 22.8 Å². The number of imidazole rings is 1. The van der Waals surface area contributed by atoms with Crippen molar-refractivity contribution in [3.05, 3.63) is 66.2 Å². The number of amides is 3. The first-order valence-corrected chi connectivity index (χ1v) is 11.2. The molecule has 11 nitrogen and oxygen atoms in total. The highest BCUT2D eigenvalue weighted by molar-refractivity contribution is 6.01. The lowest BCUT2D eigenvalue weighted by molar-refractivity contribution is -0.137. The average molecular weight is 528 g/mol. The lowest BCUT2D eigenvalue weighted by Crippen LogP contribution is -2.45. The second-order valence-corrected chi connectivity index (χ2v) is 9.14. The molecule has 7 N–H and O–H groups in total. The molecule has 0 fully saturated rings. The van der Waals surface area contributed by atoms with Gasteiger partial charge in [0.05, 0.1) is 5.56 Å². The zero-order chi connectivity index (χ0) is 27.7. The molecular weight excluding hydrogens is 503 g/mol. The minimum Gasteiger partial charge on any atom is -0.382 e. The Kier molecular flexibility index (Phi) is 6.91. The van der Waals surface area contributed by atoms with Gasteiger partial charge in [-0.3, -0.25) is 9.36 Å². The third kappa shape index (κ3) is 6.15. The second-order valence-electron chi connectivity index (χ2n) is 9.14. The van der Waals surface area contributed by atoms with Crippen LogP contribution in [0.1, 0.15) is 29.8 Å². The number of hydrogen-bond acceptors (Lipinski definition) is 7. The number of anilines is 3. The number of nitrogens with zero attached hydrogens (tertiary/aromatic N) is 4. The van der Waals surface area contributed by atoms with E-state index in [0.29, 0.717) is 28.6 Å². The van der Waals surface area contributed by atoms with Crippen LogP contribution in [0.3, 0.4) is 0 Å². The number of fused-ring (bicyclic) bond motifs is 1. The van der Waals surface area contributed by atoms with E-state index < -0.39 is 29.2 Å². The molecule has 0 bridgehead atoms. The molecule has 0 radical (unpaired) electrons. The van der Waals surface area contributed by atoms with Gasteiger partial charge in [0.15, 0.2) is 17.0 Å². The Morgan fingerprint density at radius 3 is 2.32 bits per heavy atom. The number of nitrogen functional groups attached to an aromatic ring is 1. The monoisotopic (exact) mass is 527 g/mol. The summed E-state index contributed by atoms with van der Waals surface area (Å²) in [7, 11) is 0. The molecule has 3 amide bonds. The van der Waals surface area contributed by atoms with Crippen LogP contribution in [0.15, 0.2) is 55.1 Å². The molecule has 4 rings (SSSR count). The Hall–Kier alpha value is -4.72. The fourth-order valence-corrected chi connectivity index (χ4v) is 3.45. The summed E-state index contributed by atoms with van der Waals surface area (Å²) >= 11 is 0. The number of urea groups is 1. The lowest BCUT2D eigenvalue weighted by Gasteiger charge is -2.19. The molecule has 38 heavy (non-hydrogen) atoms. The number of halogens is 3. The van der Waals surface area contributed by atoms with Gasteiger partial charge in [-0.15, -0.1) is 0 Å². The third-order valence-electron chi connectivity index (χ3n) is 5.25. The summed E-state index contributed by atoms with van der Waals surface area (Å²) in [4.78, 5) is 37.3. The van der Waals surface area contributed by atoms with Gasteiger partial charge >= 0.3 is 12.2 Å². The van der Waals surface area contributed by atoms with E-state index in [-0.39, 0.29) is 23.6 Å². The molecule has 2 aromatic carbocycles. The van der Waals surface area contributed by atoms with Crippen LogP contribution in [0.25, 0.3) is 16.9 Å². The Bertz CT molecular complexity index is 1490. The zero-order valence-electron chi connectivity index (χ0n) is 20.3. The predicted molar refractivity (Wildman–Crippen MR) is 136 cm³/mol. The van der Waals surface area contributed by atoms with Crippen molar-refractivity contribution in [3.63, 3.8) is 0 Å². The Labute approximate surface area is 214 Å². The van der Waals surface area contributed by atoms with Crippen molar-refractivity contribution in [2.45, 2.75) is 25.6 Å². The third-order valence-corrected chi connectivity index (χ3v) is 5.25. The van der Waals surface area contributed by atoms with E-state index in [1.54, 1.807) is 42.7 Å². The number of nitrogens with one attached hydrogen (secondary N) is 3. The second kappa shape index (κ2) is 9.97. The molecule has 0 spiro atoms. The van der Waals surface area contributed by atoms with Gasteiger partial charge in [-0.2, -0.15) is 13.2 Å². The maximum absolute atomic E-state index is 13.4. The number of hydrogen-bond donors (Lipinski definition) is 5. The van der Waals surface area contributed by atoms with Crippen molar-refractivity contribution in [3.8, 4) is 5.69 Å². The average Bonchev–Trinajstić information content (AvgIpc) is 3.27. The van der Waals surface area contributed by atoms with Crippen molar-refractivity contribution in [1.82, 2.24) is 24.8 Å². The Morgan fingerprint density at radius 2 is 1.66 bits per heavy atom.